The molecule has 4 heteroatoms. The lowest BCUT2D eigenvalue weighted by atomic mass is 9.93. The van der Waals surface area contributed by atoms with Crippen LogP contribution in [0.2, 0.25) is 0 Å². The highest BCUT2D eigenvalue weighted by Crippen LogP contribution is 2.18. The maximum Gasteiger partial charge on any atom is 0.335 e. The van der Waals surface area contributed by atoms with Gasteiger partial charge in [-0.3, -0.25) is 0 Å². The van der Waals surface area contributed by atoms with Gasteiger partial charge in [-0.05, 0) is 24.6 Å². The van der Waals surface area contributed by atoms with E-state index in [1.165, 1.54) is 12.1 Å². The minimum Gasteiger partial charge on any atom is -0.478 e. The predicted octanol–water partition coefficient (Wildman–Crippen LogP) is 0.551. The third kappa shape index (κ3) is 2.10. The maximum atomic E-state index is 10.7. The first-order valence-electron chi connectivity index (χ1n) is 4.21. The second kappa shape index (κ2) is 3.77. The van der Waals surface area contributed by atoms with Crippen molar-refractivity contribution < 1.29 is 15.0 Å². The van der Waals surface area contributed by atoms with Crippen LogP contribution >= 0.6 is 0 Å². The number of benzene rings is 1. The summed E-state index contributed by atoms with van der Waals surface area (Å²) in [5.74, 6) is -0.999. The molecule has 1 unspecified atom stereocenters. The molecule has 1 atom stereocenters. The Labute approximate surface area is 82.0 Å². The largest absolute Gasteiger partial charge is 0.478 e. The molecule has 0 radical (unpaired) electrons. The van der Waals surface area contributed by atoms with Crippen LogP contribution in [0.15, 0.2) is 24.3 Å². The Morgan fingerprint density at radius 3 is 2.71 bits per heavy atom. The van der Waals surface area contributed by atoms with Crippen LogP contribution in [-0.4, -0.2) is 22.8 Å². The van der Waals surface area contributed by atoms with E-state index in [1.54, 1.807) is 19.1 Å². The van der Waals surface area contributed by atoms with Crippen LogP contribution in [0.5, 0.6) is 0 Å². The van der Waals surface area contributed by atoms with Crippen molar-refractivity contribution in [1.82, 2.24) is 0 Å². The van der Waals surface area contributed by atoms with Gasteiger partial charge in [-0.2, -0.15) is 0 Å². The van der Waals surface area contributed by atoms with Crippen LogP contribution in [0.1, 0.15) is 22.8 Å². The molecule has 1 aromatic carbocycles. The van der Waals surface area contributed by atoms with Gasteiger partial charge in [0.15, 0.2) is 0 Å². The molecule has 1 aromatic rings. The molecule has 4 N–H and O–H groups in total. The molecule has 0 aromatic heterocycles. The first-order chi connectivity index (χ1) is 6.47. The Morgan fingerprint density at radius 1 is 1.57 bits per heavy atom. The minimum absolute atomic E-state index is 0.174. The van der Waals surface area contributed by atoms with Gasteiger partial charge in [0.1, 0.15) is 0 Å². The van der Waals surface area contributed by atoms with Crippen molar-refractivity contribution in [3.63, 3.8) is 0 Å². The molecule has 0 aliphatic heterocycles. The second-order valence-corrected chi connectivity index (χ2v) is 3.46. The Balaban J connectivity index is 3.12. The van der Waals surface area contributed by atoms with Gasteiger partial charge in [0.25, 0.3) is 0 Å². The second-order valence-electron chi connectivity index (χ2n) is 3.46. The van der Waals surface area contributed by atoms with Crippen LogP contribution in [0.3, 0.4) is 0 Å². The summed E-state index contributed by atoms with van der Waals surface area (Å²) in [5.41, 5.74) is 5.65. The van der Waals surface area contributed by atoms with Crippen molar-refractivity contribution in [3.8, 4) is 0 Å². The van der Waals surface area contributed by atoms with E-state index >= 15 is 0 Å². The zero-order chi connectivity index (χ0) is 10.8. The molecule has 0 spiro atoms. The Bertz CT molecular complexity index is 347. The summed E-state index contributed by atoms with van der Waals surface area (Å²) in [5, 5.41) is 17.7. The Hall–Kier alpha value is -1.39. The highest BCUT2D eigenvalue weighted by molar-refractivity contribution is 5.87. The number of carboxylic acid groups (broad SMARTS) is 1. The first-order valence-corrected chi connectivity index (χ1v) is 4.21. The van der Waals surface area contributed by atoms with E-state index in [-0.39, 0.29) is 12.2 Å². The molecule has 0 saturated heterocycles. The summed E-state index contributed by atoms with van der Waals surface area (Å²) in [4.78, 5) is 10.7. The summed E-state index contributed by atoms with van der Waals surface area (Å²) >= 11 is 0. The summed E-state index contributed by atoms with van der Waals surface area (Å²) in [6, 6.07) is 6.26. The smallest absolute Gasteiger partial charge is 0.335 e. The number of aliphatic hydroxyl groups excluding tert-OH is 1. The molecular weight excluding hydrogens is 182 g/mol. The SMILES string of the molecule is CC(N)(CO)c1cccc(C(=O)O)c1. The molecule has 0 heterocycles. The summed E-state index contributed by atoms with van der Waals surface area (Å²) in [6.45, 7) is 1.42. The lowest BCUT2D eigenvalue weighted by molar-refractivity contribution is 0.0696. The predicted molar refractivity (Wildman–Crippen MR) is 52.0 cm³/mol. The standard InChI is InChI=1S/C10H13NO3/c1-10(11,6-12)8-4-2-3-7(5-8)9(13)14/h2-5,12H,6,11H2,1H3,(H,13,14). The topological polar surface area (TPSA) is 83.5 Å². The molecule has 0 bridgehead atoms. The van der Waals surface area contributed by atoms with Crippen molar-refractivity contribution in [2.45, 2.75) is 12.5 Å². The van der Waals surface area contributed by atoms with E-state index in [1.807, 2.05) is 0 Å². The number of rotatable bonds is 3. The first kappa shape index (κ1) is 10.7. The normalized spacial score (nSPS) is 14.8. The summed E-state index contributed by atoms with van der Waals surface area (Å²) in [7, 11) is 0. The number of carbonyl (C=O) groups is 1. The van der Waals surface area contributed by atoms with Crippen molar-refractivity contribution in [2.24, 2.45) is 5.73 Å². The number of aliphatic hydroxyl groups is 1. The van der Waals surface area contributed by atoms with Gasteiger partial charge in [0.05, 0.1) is 17.7 Å². The number of aromatic carboxylic acids is 1. The van der Waals surface area contributed by atoms with Crippen molar-refractivity contribution in [2.75, 3.05) is 6.61 Å². The minimum atomic E-state index is -0.999. The molecule has 0 amide bonds. The lowest BCUT2D eigenvalue weighted by Gasteiger charge is -2.22. The number of hydrogen-bond acceptors (Lipinski definition) is 3. The molecule has 0 saturated carbocycles. The molecule has 76 valence electrons. The van der Waals surface area contributed by atoms with Crippen LogP contribution in [0.25, 0.3) is 0 Å². The Kier molecular flexibility index (Phi) is 2.88. The zero-order valence-electron chi connectivity index (χ0n) is 7.90. The summed E-state index contributed by atoms with van der Waals surface area (Å²) < 4.78 is 0. The monoisotopic (exact) mass is 195 g/mol. The maximum absolute atomic E-state index is 10.7. The molecule has 0 aliphatic rings. The third-order valence-electron chi connectivity index (χ3n) is 2.10. The van der Waals surface area contributed by atoms with Crippen molar-refractivity contribution in [3.05, 3.63) is 35.4 Å². The lowest BCUT2D eigenvalue weighted by Crippen LogP contribution is -2.37. The third-order valence-corrected chi connectivity index (χ3v) is 2.10. The highest BCUT2D eigenvalue weighted by Gasteiger charge is 2.20. The highest BCUT2D eigenvalue weighted by atomic mass is 16.4. The molecule has 0 aliphatic carbocycles. The van der Waals surface area contributed by atoms with Crippen LogP contribution in [-0.2, 0) is 5.54 Å². The fourth-order valence-corrected chi connectivity index (χ4v) is 1.10. The average molecular weight is 195 g/mol. The average Bonchev–Trinajstić information content (AvgIpc) is 2.18. The number of hydrogen-bond donors (Lipinski definition) is 3. The van der Waals surface area contributed by atoms with Crippen LogP contribution in [0, 0.1) is 0 Å². The molecule has 0 fully saturated rings. The van der Waals surface area contributed by atoms with E-state index in [2.05, 4.69) is 0 Å². The van der Waals surface area contributed by atoms with E-state index in [9.17, 15) is 4.79 Å². The number of nitrogens with two attached hydrogens (primary N) is 1. The van der Waals surface area contributed by atoms with E-state index < -0.39 is 11.5 Å². The summed E-state index contributed by atoms with van der Waals surface area (Å²) in [6.07, 6.45) is 0. The van der Waals surface area contributed by atoms with Gasteiger partial charge >= 0.3 is 5.97 Å². The van der Waals surface area contributed by atoms with E-state index in [0.29, 0.717) is 5.56 Å². The zero-order valence-corrected chi connectivity index (χ0v) is 7.90. The van der Waals surface area contributed by atoms with Gasteiger partial charge in [-0.25, -0.2) is 4.79 Å². The van der Waals surface area contributed by atoms with E-state index in [0.717, 1.165) is 0 Å². The quantitative estimate of drug-likeness (QED) is 0.657. The molecule has 1 rings (SSSR count). The van der Waals surface area contributed by atoms with Crippen LogP contribution in [0.4, 0.5) is 0 Å². The fourth-order valence-electron chi connectivity index (χ4n) is 1.10. The Morgan fingerprint density at radius 2 is 2.21 bits per heavy atom. The van der Waals surface area contributed by atoms with Crippen molar-refractivity contribution >= 4 is 5.97 Å². The molecular formula is C10H13NO3. The van der Waals surface area contributed by atoms with Crippen LogP contribution < -0.4 is 5.73 Å². The van der Waals surface area contributed by atoms with Gasteiger partial charge in [-0.15, -0.1) is 0 Å². The van der Waals surface area contributed by atoms with E-state index in [4.69, 9.17) is 15.9 Å². The van der Waals surface area contributed by atoms with Gasteiger partial charge < -0.3 is 15.9 Å². The molecule has 4 nitrogen and oxygen atoms in total. The van der Waals surface area contributed by atoms with Gasteiger partial charge in [0, 0.05) is 0 Å². The molecule has 14 heavy (non-hydrogen) atoms. The van der Waals surface area contributed by atoms with Gasteiger partial charge in [-0.1, -0.05) is 12.1 Å². The van der Waals surface area contributed by atoms with Gasteiger partial charge in [0.2, 0.25) is 0 Å². The fraction of sp³-hybridized carbons (Fsp3) is 0.300. The van der Waals surface area contributed by atoms with Crippen molar-refractivity contribution in [1.29, 1.82) is 0 Å². The number of carboxylic acids is 1.